The Labute approximate surface area is 96.2 Å². The molecule has 15 heavy (non-hydrogen) atoms. The summed E-state index contributed by atoms with van der Waals surface area (Å²) in [6.45, 7) is 2.20. The predicted molar refractivity (Wildman–Crippen MR) is 59.7 cm³/mol. The number of benzene rings is 1. The van der Waals surface area contributed by atoms with Crippen LogP contribution in [-0.4, -0.2) is 4.98 Å². The molecule has 0 spiro atoms. The largest absolute Gasteiger partial charge is 0.484 e. The molecule has 0 fully saturated rings. The van der Waals surface area contributed by atoms with Gasteiger partial charge in [0.15, 0.2) is 11.7 Å². The number of oxazole rings is 1. The van der Waals surface area contributed by atoms with Gasteiger partial charge in [-0.2, -0.15) is 0 Å². The van der Waals surface area contributed by atoms with Crippen LogP contribution in [0.5, 0.6) is 5.75 Å². The molecule has 0 atom stereocenters. The van der Waals surface area contributed by atoms with Crippen molar-refractivity contribution in [1.82, 2.24) is 4.98 Å². The molecule has 1 heterocycles. The van der Waals surface area contributed by atoms with E-state index in [1.165, 1.54) is 0 Å². The summed E-state index contributed by atoms with van der Waals surface area (Å²) in [4.78, 5) is 3.99. The van der Waals surface area contributed by atoms with Crippen LogP contribution in [0, 0.1) is 6.92 Å². The molecule has 0 amide bonds. The molecule has 0 aliphatic heterocycles. The highest BCUT2D eigenvalue weighted by Crippen LogP contribution is 2.24. The van der Waals surface area contributed by atoms with Gasteiger partial charge in [0.25, 0.3) is 0 Å². The van der Waals surface area contributed by atoms with E-state index >= 15 is 0 Å². The van der Waals surface area contributed by atoms with Gasteiger partial charge in [-0.05, 0) is 28.1 Å². The van der Waals surface area contributed by atoms with E-state index in [1.807, 2.05) is 31.2 Å². The smallest absolute Gasteiger partial charge is 0.191 e. The highest BCUT2D eigenvalue weighted by atomic mass is 79.9. The van der Waals surface area contributed by atoms with Crippen molar-refractivity contribution >= 4 is 15.9 Å². The number of hydrogen-bond donors (Lipinski definition) is 0. The molecule has 0 saturated carbocycles. The normalized spacial score (nSPS) is 10.3. The lowest BCUT2D eigenvalue weighted by Gasteiger charge is -2.05. The number of para-hydroxylation sites is 1. The minimum atomic E-state index is 0.392. The van der Waals surface area contributed by atoms with Crippen molar-refractivity contribution in [2.45, 2.75) is 13.5 Å². The van der Waals surface area contributed by atoms with E-state index in [0.717, 1.165) is 16.0 Å². The Morgan fingerprint density at radius 3 is 2.87 bits per heavy atom. The third-order valence-corrected chi connectivity index (χ3v) is 2.53. The molecular weight excluding hydrogens is 258 g/mol. The third-order valence-electron chi connectivity index (χ3n) is 1.88. The quantitative estimate of drug-likeness (QED) is 0.856. The first-order valence-electron chi connectivity index (χ1n) is 4.54. The summed E-state index contributed by atoms with van der Waals surface area (Å²) in [5.74, 6) is 2.18. The highest BCUT2D eigenvalue weighted by molar-refractivity contribution is 9.10. The van der Waals surface area contributed by atoms with E-state index in [2.05, 4.69) is 20.9 Å². The van der Waals surface area contributed by atoms with Crippen LogP contribution < -0.4 is 4.74 Å². The summed E-state index contributed by atoms with van der Waals surface area (Å²) in [5.41, 5.74) is 0. The lowest BCUT2D eigenvalue weighted by Crippen LogP contribution is -1.94. The van der Waals surface area contributed by atoms with Crippen LogP contribution in [0.1, 0.15) is 11.7 Å². The van der Waals surface area contributed by atoms with Gasteiger partial charge < -0.3 is 9.15 Å². The second-order valence-electron chi connectivity index (χ2n) is 3.06. The lowest BCUT2D eigenvalue weighted by atomic mass is 10.3. The standard InChI is InChI=1S/C11H10BrNO2/c1-8-13-6-9(15-8)7-14-11-5-3-2-4-10(11)12/h2-6H,7H2,1H3. The molecule has 3 nitrogen and oxygen atoms in total. The average Bonchev–Trinajstić information content (AvgIpc) is 2.63. The Kier molecular flexibility index (Phi) is 3.06. The minimum Gasteiger partial charge on any atom is -0.484 e. The molecule has 0 aliphatic rings. The second kappa shape index (κ2) is 4.49. The molecular formula is C11H10BrNO2. The highest BCUT2D eigenvalue weighted by Gasteiger charge is 2.03. The van der Waals surface area contributed by atoms with Crippen LogP contribution in [0.15, 0.2) is 39.4 Å². The van der Waals surface area contributed by atoms with Crippen LogP contribution in [-0.2, 0) is 6.61 Å². The zero-order valence-corrected chi connectivity index (χ0v) is 9.82. The van der Waals surface area contributed by atoms with Crippen LogP contribution >= 0.6 is 15.9 Å². The maximum absolute atomic E-state index is 5.56. The Morgan fingerprint density at radius 1 is 1.40 bits per heavy atom. The van der Waals surface area contributed by atoms with Crippen molar-refractivity contribution in [3.05, 3.63) is 46.6 Å². The fourth-order valence-corrected chi connectivity index (χ4v) is 1.58. The molecule has 0 radical (unpaired) electrons. The first-order valence-corrected chi connectivity index (χ1v) is 5.33. The molecule has 4 heteroatoms. The SMILES string of the molecule is Cc1ncc(COc2ccccc2Br)o1. The van der Waals surface area contributed by atoms with Gasteiger partial charge in [-0.15, -0.1) is 0 Å². The van der Waals surface area contributed by atoms with E-state index in [4.69, 9.17) is 9.15 Å². The van der Waals surface area contributed by atoms with Gasteiger partial charge >= 0.3 is 0 Å². The van der Waals surface area contributed by atoms with Crippen LogP contribution in [0.25, 0.3) is 0 Å². The molecule has 0 saturated heterocycles. The Morgan fingerprint density at radius 2 is 2.20 bits per heavy atom. The van der Waals surface area contributed by atoms with Gasteiger partial charge in [0.05, 0.1) is 10.7 Å². The van der Waals surface area contributed by atoms with Gasteiger partial charge in [-0.25, -0.2) is 4.98 Å². The molecule has 2 rings (SSSR count). The van der Waals surface area contributed by atoms with E-state index in [9.17, 15) is 0 Å². The van der Waals surface area contributed by atoms with Crippen LogP contribution in [0.4, 0.5) is 0 Å². The van der Waals surface area contributed by atoms with E-state index in [0.29, 0.717) is 12.5 Å². The fraction of sp³-hybridized carbons (Fsp3) is 0.182. The number of rotatable bonds is 3. The summed E-state index contributed by atoms with van der Waals surface area (Å²) >= 11 is 3.40. The second-order valence-corrected chi connectivity index (χ2v) is 3.92. The predicted octanol–water partition coefficient (Wildman–Crippen LogP) is 3.32. The first-order chi connectivity index (χ1) is 7.25. The van der Waals surface area contributed by atoms with E-state index < -0.39 is 0 Å². The number of ether oxygens (including phenoxy) is 1. The van der Waals surface area contributed by atoms with Crippen molar-refractivity contribution in [2.24, 2.45) is 0 Å². The Hall–Kier alpha value is -1.29. The number of nitrogens with zero attached hydrogens (tertiary/aromatic N) is 1. The molecule has 1 aromatic heterocycles. The molecule has 0 aliphatic carbocycles. The van der Waals surface area contributed by atoms with Crippen molar-refractivity contribution < 1.29 is 9.15 Å². The summed E-state index contributed by atoms with van der Waals surface area (Å²) in [6, 6.07) is 7.69. The fourth-order valence-electron chi connectivity index (χ4n) is 1.18. The molecule has 1 aromatic carbocycles. The van der Waals surface area contributed by atoms with Gasteiger partial charge in [0.1, 0.15) is 12.4 Å². The van der Waals surface area contributed by atoms with Crippen molar-refractivity contribution in [3.8, 4) is 5.75 Å². The number of halogens is 1. The molecule has 0 bridgehead atoms. The van der Waals surface area contributed by atoms with Crippen LogP contribution in [0.3, 0.4) is 0 Å². The van der Waals surface area contributed by atoms with Gasteiger partial charge in [-0.3, -0.25) is 0 Å². The number of aromatic nitrogens is 1. The molecule has 0 N–H and O–H groups in total. The molecule has 2 aromatic rings. The Bertz CT molecular complexity index is 453. The maximum Gasteiger partial charge on any atom is 0.191 e. The topological polar surface area (TPSA) is 35.3 Å². The summed E-state index contributed by atoms with van der Waals surface area (Å²) in [5, 5.41) is 0. The summed E-state index contributed by atoms with van der Waals surface area (Å²) in [6.07, 6.45) is 1.67. The number of hydrogen-bond acceptors (Lipinski definition) is 3. The maximum atomic E-state index is 5.56. The zero-order valence-electron chi connectivity index (χ0n) is 8.24. The summed E-state index contributed by atoms with van der Waals surface area (Å²) in [7, 11) is 0. The zero-order chi connectivity index (χ0) is 10.7. The van der Waals surface area contributed by atoms with Gasteiger partial charge in [-0.1, -0.05) is 12.1 Å². The third kappa shape index (κ3) is 2.59. The van der Waals surface area contributed by atoms with Crippen molar-refractivity contribution in [1.29, 1.82) is 0 Å². The van der Waals surface area contributed by atoms with Crippen molar-refractivity contribution in [2.75, 3.05) is 0 Å². The first kappa shape index (κ1) is 10.2. The monoisotopic (exact) mass is 267 g/mol. The lowest BCUT2D eigenvalue weighted by molar-refractivity contribution is 0.266. The van der Waals surface area contributed by atoms with E-state index in [1.54, 1.807) is 6.20 Å². The van der Waals surface area contributed by atoms with Gasteiger partial charge in [0, 0.05) is 6.92 Å². The molecule has 0 unspecified atom stereocenters. The Balaban J connectivity index is 2.02. The number of aryl methyl sites for hydroxylation is 1. The molecule has 78 valence electrons. The summed E-state index contributed by atoms with van der Waals surface area (Å²) < 4.78 is 11.8. The average molecular weight is 268 g/mol. The van der Waals surface area contributed by atoms with Crippen molar-refractivity contribution in [3.63, 3.8) is 0 Å². The van der Waals surface area contributed by atoms with Gasteiger partial charge in [0.2, 0.25) is 0 Å². The van der Waals surface area contributed by atoms with E-state index in [-0.39, 0.29) is 0 Å². The van der Waals surface area contributed by atoms with Crippen LogP contribution in [0.2, 0.25) is 0 Å². The minimum absolute atomic E-state index is 0.392.